The van der Waals surface area contributed by atoms with Crippen molar-refractivity contribution >= 4 is 39.4 Å². The fraction of sp³-hybridized carbons (Fsp3) is 0.722. The summed E-state index contributed by atoms with van der Waals surface area (Å²) >= 11 is 0. The van der Waals surface area contributed by atoms with Crippen LogP contribution in [0.4, 0.5) is 0 Å². The molecule has 1 unspecified atom stereocenters. The zero-order valence-corrected chi connectivity index (χ0v) is 16.2. The SMILES string of the molecule is O=C(CCCCC1CCSS1)OCCCCCCN1C(=O)C=CC1=O. The average molecular weight is 386 g/mol. The highest BCUT2D eigenvalue weighted by Gasteiger charge is 2.22. The van der Waals surface area contributed by atoms with Gasteiger partial charge >= 0.3 is 5.97 Å². The van der Waals surface area contributed by atoms with E-state index in [1.807, 2.05) is 21.6 Å². The largest absolute Gasteiger partial charge is 0.466 e. The smallest absolute Gasteiger partial charge is 0.305 e. The van der Waals surface area contributed by atoms with Crippen LogP contribution >= 0.6 is 21.6 Å². The molecule has 2 aliphatic heterocycles. The molecule has 2 rings (SSSR count). The summed E-state index contributed by atoms with van der Waals surface area (Å²) in [6.45, 7) is 0.944. The molecule has 140 valence electrons. The molecule has 0 aromatic heterocycles. The van der Waals surface area contributed by atoms with Crippen molar-refractivity contribution in [1.82, 2.24) is 4.90 Å². The van der Waals surface area contributed by atoms with E-state index in [-0.39, 0.29) is 17.8 Å². The van der Waals surface area contributed by atoms with Gasteiger partial charge in [0.25, 0.3) is 11.8 Å². The lowest BCUT2D eigenvalue weighted by atomic mass is 10.1. The maximum atomic E-state index is 11.7. The first-order valence-electron chi connectivity index (χ1n) is 9.14. The molecule has 1 fully saturated rings. The minimum atomic E-state index is -0.218. The second kappa shape index (κ2) is 11.6. The van der Waals surface area contributed by atoms with Crippen LogP contribution < -0.4 is 0 Å². The number of carbonyl (C=O) groups is 3. The molecule has 0 saturated carbocycles. The number of hydrogen-bond acceptors (Lipinski definition) is 6. The molecule has 5 nitrogen and oxygen atoms in total. The minimum Gasteiger partial charge on any atom is -0.466 e. The molecule has 25 heavy (non-hydrogen) atoms. The second-order valence-electron chi connectivity index (χ2n) is 6.37. The van der Waals surface area contributed by atoms with Crippen LogP contribution in [0.2, 0.25) is 0 Å². The fourth-order valence-electron chi connectivity index (χ4n) is 2.84. The van der Waals surface area contributed by atoms with Crippen molar-refractivity contribution in [2.45, 2.75) is 63.0 Å². The molecule has 7 heteroatoms. The number of unbranched alkanes of at least 4 members (excludes halogenated alkanes) is 4. The number of amides is 2. The number of imide groups is 1. The number of nitrogens with zero attached hydrogens (tertiary/aromatic N) is 1. The van der Waals surface area contributed by atoms with Crippen molar-refractivity contribution in [1.29, 1.82) is 0 Å². The maximum absolute atomic E-state index is 11.7. The van der Waals surface area contributed by atoms with Crippen LogP contribution in [0.1, 0.15) is 57.8 Å². The molecule has 0 N–H and O–H groups in total. The van der Waals surface area contributed by atoms with E-state index >= 15 is 0 Å². The van der Waals surface area contributed by atoms with E-state index in [1.54, 1.807) is 0 Å². The van der Waals surface area contributed by atoms with Gasteiger partial charge in [0.2, 0.25) is 0 Å². The molecular weight excluding hydrogens is 358 g/mol. The minimum absolute atomic E-state index is 0.0900. The van der Waals surface area contributed by atoms with Gasteiger partial charge in [-0.3, -0.25) is 19.3 Å². The predicted molar refractivity (Wildman–Crippen MR) is 102 cm³/mol. The highest BCUT2D eigenvalue weighted by Crippen LogP contribution is 2.39. The van der Waals surface area contributed by atoms with Gasteiger partial charge in [-0.1, -0.05) is 34.4 Å². The number of carbonyl (C=O) groups excluding carboxylic acids is 3. The molecule has 0 spiro atoms. The van der Waals surface area contributed by atoms with Crippen LogP contribution in [0.15, 0.2) is 12.2 Å². The molecule has 2 heterocycles. The number of rotatable bonds is 12. The van der Waals surface area contributed by atoms with Crippen LogP contribution in [0, 0.1) is 0 Å². The first kappa shape index (κ1) is 20.4. The van der Waals surface area contributed by atoms with Gasteiger partial charge in [-0.25, -0.2) is 0 Å². The number of hydrogen-bond donors (Lipinski definition) is 0. The van der Waals surface area contributed by atoms with Crippen molar-refractivity contribution in [3.05, 3.63) is 12.2 Å². The van der Waals surface area contributed by atoms with Crippen LogP contribution in [0.25, 0.3) is 0 Å². The summed E-state index contributed by atoms with van der Waals surface area (Å²) < 4.78 is 5.25. The molecule has 0 aromatic rings. The van der Waals surface area contributed by atoms with E-state index in [9.17, 15) is 14.4 Å². The van der Waals surface area contributed by atoms with E-state index in [0.29, 0.717) is 19.6 Å². The van der Waals surface area contributed by atoms with Gasteiger partial charge in [0.05, 0.1) is 6.61 Å². The second-order valence-corrected chi connectivity index (χ2v) is 9.16. The van der Waals surface area contributed by atoms with Gasteiger partial charge in [-0.05, 0) is 38.5 Å². The molecule has 2 amide bonds. The van der Waals surface area contributed by atoms with Crippen molar-refractivity contribution in [3.63, 3.8) is 0 Å². The Morgan fingerprint density at radius 3 is 2.56 bits per heavy atom. The molecule has 2 aliphatic rings. The Labute approximate surface area is 157 Å². The topological polar surface area (TPSA) is 63.7 Å². The lowest BCUT2D eigenvalue weighted by molar-refractivity contribution is -0.144. The Bertz CT molecular complexity index is 471. The highest BCUT2D eigenvalue weighted by atomic mass is 33.1. The Balaban J connectivity index is 1.36. The highest BCUT2D eigenvalue weighted by molar-refractivity contribution is 8.77. The first-order valence-corrected chi connectivity index (χ1v) is 11.5. The van der Waals surface area contributed by atoms with Crippen molar-refractivity contribution < 1.29 is 19.1 Å². The van der Waals surface area contributed by atoms with Crippen LogP contribution in [-0.2, 0) is 19.1 Å². The third-order valence-corrected chi connectivity index (χ3v) is 7.33. The Kier molecular flexibility index (Phi) is 9.47. The van der Waals surface area contributed by atoms with Crippen molar-refractivity contribution in [2.75, 3.05) is 18.9 Å². The van der Waals surface area contributed by atoms with Crippen molar-refractivity contribution in [3.8, 4) is 0 Å². The maximum Gasteiger partial charge on any atom is 0.305 e. The monoisotopic (exact) mass is 385 g/mol. The molecule has 1 saturated heterocycles. The number of esters is 1. The lowest BCUT2D eigenvalue weighted by Gasteiger charge is -2.13. The third-order valence-electron chi connectivity index (χ3n) is 4.32. The fourth-order valence-corrected chi connectivity index (χ4v) is 5.87. The van der Waals surface area contributed by atoms with E-state index in [4.69, 9.17) is 4.74 Å². The zero-order valence-electron chi connectivity index (χ0n) is 14.6. The quantitative estimate of drug-likeness (QED) is 0.221. The summed E-state index contributed by atoms with van der Waals surface area (Å²) in [5.41, 5.74) is 0. The Morgan fingerprint density at radius 1 is 1.08 bits per heavy atom. The van der Waals surface area contributed by atoms with Crippen molar-refractivity contribution in [2.24, 2.45) is 0 Å². The van der Waals surface area contributed by atoms with Gasteiger partial charge in [0, 0.05) is 36.1 Å². The molecular formula is C18H27NO4S2. The Hall–Kier alpha value is -0.950. The molecule has 1 atom stereocenters. The molecule has 0 aliphatic carbocycles. The summed E-state index contributed by atoms with van der Waals surface area (Å²) in [7, 11) is 3.95. The van der Waals surface area contributed by atoms with E-state index in [2.05, 4.69) is 0 Å². The van der Waals surface area contributed by atoms with E-state index in [1.165, 1.54) is 35.6 Å². The summed E-state index contributed by atoms with van der Waals surface area (Å²) in [5.74, 6) is 0.736. The predicted octanol–water partition coefficient (Wildman–Crippen LogP) is 3.73. The molecule has 0 bridgehead atoms. The standard InChI is InChI=1S/C18H27NO4S2/c20-16-9-10-17(21)19(16)12-5-1-2-6-13-23-18(22)8-4-3-7-15-11-14-24-25-15/h9-10,15H,1-8,11-14H2. The van der Waals surface area contributed by atoms with Crippen LogP contribution in [0.3, 0.4) is 0 Å². The zero-order chi connectivity index (χ0) is 17.9. The van der Waals surface area contributed by atoms with E-state index < -0.39 is 0 Å². The van der Waals surface area contributed by atoms with Gasteiger partial charge in [0.15, 0.2) is 0 Å². The van der Waals surface area contributed by atoms with Gasteiger partial charge < -0.3 is 4.74 Å². The lowest BCUT2D eigenvalue weighted by Crippen LogP contribution is -2.30. The molecule has 0 radical (unpaired) electrons. The van der Waals surface area contributed by atoms with Crippen LogP contribution in [0.5, 0.6) is 0 Å². The summed E-state index contributed by atoms with van der Waals surface area (Å²) in [6, 6.07) is 0. The van der Waals surface area contributed by atoms with Gasteiger partial charge in [-0.15, -0.1) is 0 Å². The summed E-state index contributed by atoms with van der Waals surface area (Å²) in [5, 5.41) is 0.781. The summed E-state index contributed by atoms with van der Waals surface area (Å²) in [4.78, 5) is 35.7. The first-order chi connectivity index (χ1) is 12.2. The van der Waals surface area contributed by atoms with Gasteiger partial charge in [-0.2, -0.15) is 0 Å². The summed E-state index contributed by atoms with van der Waals surface area (Å²) in [6.07, 6.45) is 11.2. The average Bonchev–Trinajstić information content (AvgIpc) is 3.22. The normalized spacial score (nSPS) is 19.8. The number of ether oxygens (including phenoxy) is 1. The van der Waals surface area contributed by atoms with Gasteiger partial charge in [0.1, 0.15) is 0 Å². The van der Waals surface area contributed by atoms with E-state index in [0.717, 1.165) is 43.8 Å². The third kappa shape index (κ3) is 7.86. The van der Waals surface area contributed by atoms with Crippen LogP contribution in [-0.4, -0.2) is 46.8 Å². The molecule has 0 aromatic carbocycles. The Morgan fingerprint density at radius 2 is 1.84 bits per heavy atom.